The van der Waals surface area contributed by atoms with Crippen molar-refractivity contribution < 1.29 is 8.42 Å². The second-order valence-electron chi connectivity index (χ2n) is 5.92. The highest BCUT2D eigenvalue weighted by atomic mass is 35.5. The summed E-state index contributed by atoms with van der Waals surface area (Å²) in [5.74, 6) is 0. The summed E-state index contributed by atoms with van der Waals surface area (Å²) in [7, 11) is -3.91. The topological polar surface area (TPSA) is 82.4 Å². The van der Waals surface area contributed by atoms with Gasteiger partial charge in [-0.25, -0.2) is 8.96 Å². The maximum atomic E-state index is 13.3. The molecule has 1 aromatic carbocycles. The largest absolute Gasteiger partial charge is 0.328 e. The third kappa shape index (κ3) is 2.91. The van der Waals surface area contributed by atoms with E-state index in [-0.39, 0.29) is 28.6 Å². The van der Waals surface area contributed by atoms with Crippen molar-refractivity contribution in [1.29, 1.82) is 0 Å². The number of hydrogen-bond acceptors (Lipinski definition) is 5. The normalized spacial score (nSPS) is 13.2. The predicted molar refractivity (Wildman–Crippen MR) is 107 cm³/mol. The molecular weight excluding hydrogens is 415 g/mol. The van der Waals surface area contributed by atoms with Crippen molar-refractivity contribution >= 4 is 61.2 Å². The maximum Gasteiger partial charge on any atom is 0.287 e. The van der Waals surface area contributed by atoms with E-state index in [9.17, 15) is 8.42 Å². The van der Waals surface area contributed by atoms with Gasteiger partial charge in [-0.15, -0.1) is 23.7 Å². The molecule has 1 atom stereocenters. The minimum absolute atomic E-state index is 0. The zero-order chi connectivity index (χ0) is 17.8. The molecule has 0 aliphatic carbocycles. The van der Waals surface area contributed by atoms with E-state index in [0.29, 0.717) is 16.9 Å². The molecule has 0 fully saturated rings. The van der Waals surface area contributed by atoms with E-state index in [0.717, 1.165) is 10.9 Å². The summed E-state index contributed by atoms with van der Waals surface area (Å²) in [5, 5.41) is 2.58. The van der Waals surface area contributed by atoms with Gasteiger partial charge in [0.1, 0.15) is 0 Å². The minimum Gasteiger partial charge on any atom is -0.328 e. The molecule has 4 aromatic rings. The lowest BCUT2D eigenvalue weighted by Crippen LogP contribution is -2.18. The van der Waals surface area contributed by atoms with Crippen LogP contribution in [0.5, 0.6) is 0 Å². The average molecular weight is 431 g/mol. The summed E-state index contributed by atoms with van der Waals surface area (Å²) in [4.78, 5) is 4.67. The average Bonchev–Trinajstić information content (AvgIpc) is 3.20. The van der Waals surface area contributed by atoms with Crippen LogP contribution in [0.25, 0.3) is 15.9 Å². The van der Waals surface area contributed by atoms with Gasteiger partial charge in [0.15, 0.2) is 10.1 Å². The van der Waals surface area contributed by atoms with Crippen molar-refractivity contribution in [2.24, 2.45) is 5.73 Å². The van der Waals surface area contributed by atoms with Gasteiger partial charge in [-0.3, -0.25) is 4.40 Å². The third-order valence-corrected chi connectivity index (χ3v) is 6.82. The number of para-hydroxylation sites is 1. The second kappa shape index (κ2) is 6.86. The smallest absolute Gasteiger partial charge is 0.287 e. The molecule has 0 bridgehead atoms. The molecule has 0 saturated carbocycles. The maximum absolute atomic E-state index is 13.3. The van der Waals surface area contributed by atoms with Gasteiger partial charge in [0.25, 0.3) is 10.0 Å². The lowest BCUT2D eigenvalue weighted by molar-refractivity contribution is 0.584. The Morgan fingerprint density at radius 3 is 2.81 bits per heavy atom. The Morgan fingerprint density at radius 1 is 1.35 bits per heavy atom. The number of halogens is 2. The molecule has 2 N–H and O–H groups in total. The molecular formula is C16H16Cl2N4O2S2. The van der Waals surface area contributed by atoms with Crippen LogP contribution in [-0.4, -0.2) is 27.8 Å². The molecule has 6 nitrogen and oxygen atoms in total. The zero-order valence-electron chi connectivity index (χ0n) is 13.7. The predicted octanol–water partition coefficient (Wildman–Crippen LogP) is 3.55. The molecule has 0 aliphatic heterocycles. The van der Waals surface area contributed by atoms with Gasteiger partial charge in [-0.05, 0) is 25.0 Å². The number of nitrogens with zero attached hydrogens (tertiary/aromatic N) is 3. The number of nitrogens with two attached hydrogens (primary N) is 1. The number of hydrogen-bond donors (Lipinski definition) is 1. The molecule has 0 saturated heterocycles. The van der Waals surface area contributed by atoms with Crippen LogP contribution < -0.4 is 5.73 Å². The van der Waals surface area contributed by atoms with Gasteiger partial charge in [0, 0.05) is 29.2 Å². The Kier molecular flexibility index (Phi) is 5.06. The van der Waals surface area contributed by atoms with Crippen LogP contribution in [0.15, 0.2) is 47.1 Å². The molecule has 0 aliphatic rings. The lowest BCUT2D eigenvalue weighted by atomic mass is 10.1. The fourth-order valence-corrected chi connectivity index (χ4v) is 5.80. The number of rotatable bonds is 4. The summed E-state index contributed by atoms with van der Waals surface area (Å²) in [6.07, 6.45) is 3.86. The van der Waals surface area contributed by atoms with E-state index in [4.69, 9.17) is 17.3 Å². The SMILES string of the molecule is CC(N)Cc1cn(S(=O)(=O)c2c(Cl)nc3sccn23)c2ccccc12.Cl. The Labute approximate surface area is 165 Å². The Hall–Kier alpha value is -1.58. The Bertz CT molecular complexity index is 1190. The van der Waals surface area contributed by atoms with Crippen LogP contribution in [0.3, 0.4) is 0 Å². The number of thiazole rings is 1. The minimum atomic E-state index is -3.91. The van der Waals surface area contributed by atoms with Gasteiger partial charge in [0.2, 0.25) is 5.03 Å². The fourth-order valence-electron chi connectivity index (χ4n) is 2.99. The zero-order valence-corrected chi connectivity index (χ0v) is 16.9. The van der Waals surface area contributed by atoms with Crippen LogP contribution in [0, 0.1) is 0 Å². The summed E-state index contributed by atoms with van der Waals surface area (Å²) < 4.78 is 29.4. The van der Waals surface area contributed by atoms with E-state index in [2.05, 4.69) is 4.98 Å². The first-order valence-corrected chi connectivity index (χ1v) is 10.3. The van der Waals surface area contributed by atoms with Crippen LogP contribution >= 0.6 is 35.3 Å². The molecule has 138 valence electrons. The van der Waals surface area contributed by atoms with E-state index in [1.807, 2.05) is 25.1 Å². The van der Waals surface area contributed by atoms with E-state index in [1.165, 1.54) is 19.7 Å². The highest BCUT2D eigenvalue weighted by molar-refractivity contribution is 7.90. The van der Waals surface area contributed by atoms with Gasteiger partial charge in [-0.2, -0.15) is 8.42 Å². The molecule has 3 heterocycles. The van der Waals surface area contributed by atoms with E-state index >= 15 is 0 Å². The van der Waals surface area contributed by atoms with Crippen LogP contribution in [0.1, 0.15) is 12.5 Å². The van der Waals surface area contributed by atoms with Gasteiger partial charge < -0.3 is 5.73 Å². The van der Waals surface area contributed by atoms with Crippen LogP contribution in [-0.2, 0) is 16.4 Å². The molecule has 10 heteroatoms. The summed E-state index contributed by atoms with van der Waals surface area (Å²) in [5.41, 5.74) is 7.40. The van der Waals surface area contributed by atoms with Crippen molar-refractivity contribution in [2.45, 2.75) is 24.4 Å². The Balaban J connectivity index is 0.00000196. The number of benzene rings is 1. The molecule has 1 unspecified atom stereocenters. The first-order chi connectivity index (χ1) is 11.9. The first kappa shape index (κ1) is 19.2. The van der Waals surface area contributed by atoms with E-state index < -0.39 is 10.0 Å². The van der Waals surface area contributed by atoms with Gasteiger partial charge in [0.05, 0.1) is 5.52 Å². The van der Waals surface area contributed by atoms with Gasteiger partial charge >= 0.3 is 0 Å². The fraction of sp³-hybridized carbons (Fsp3) is 0.188. The molecule has 0 amide bonds. The van der Waals surface area contributed by atoms with Crippen molar-refractivity contribution in [3.05, 3.63) is 52.8 Å². The molecule has 4 rings (SSSR count). The highest BCUT2D eigenvalue weighted by Gasteiger charge is 2.28. The van der Waals surface area contributed by atoms with Crippen molar-refractivity contribution in [3.63, 3.8) is 0 Å². The summed E-state index contributed by atoms with van der Waals surface area (Å²) >= 11 is 7.48. The molecule has 26 heavy (non-hydrogen) atoms. The standard InChI is InChI=1S/C16H15ClN4O2S2.ClH/c1-10(18)8-11-9-21(13-5-3-2-4-12(11)13)25(22,23)15-14(17)19-16-20(15)6-7-24-16;/h2-7,9-10H,8,18H2,1H3;1H. The molecule has 0 radical (unpaired) electrons. The third-order valence-electron chi connectivity index (χ3n) is 3.98. The number of aromatic nitrogens is 3. The highest BCUT2D eigenvalue weighted by Crippen LogP contribution is 2.31. The second-order valence-corrected chi connectivity index (χ2v) is 8.88. The summed E-state index contributed by atoms with van der Waals surface area (Å²) in [6.45, 7) is 1.89. The van der Waals surface area contributed by atoms with Crippen molar-refractivity contribution in [1.82, 2.24) is 13.4 Å². The Morgan fingerprint density at radius 2 is 2.08 bits per heavy atom. The van der Waals surface area contributed by atoms with Crippen LogP contribution in [0.2, 0.25) is 5.15 Å². The van der Waals surface area contributed by atoms with Crippen LogP contribution in [0.4, 0.5) is 0 Å². The number of imidazole rings is 1. The monoisotopic (exact) mass is 430 g/mol. The van der Waals surface area contributed by atoms with Crippen molar-refractivity contribution in [2.75, 3.05) is 0 Å². The molecule has 0 spiro atoms. The number of fused-ring (bicyclic) bond motifs is 2. The first-order valence-electron chi connectivity index (χ1n) is 7.61. The van der Waals surface area contributed by atoms with Crippen molar-refractivity contribution in [3.8, 4) is 0 Å². The lowest BCUT2D eigenvalue weighted by Gasteiger charge is -2.07. The summed E-state index contributed by atoms with van der Waals surface area (Å²) in [6, 6.07) is 7.29. The molecule has 3 aromatic heterocycles. The van der Waals surface area contributed by atoms with Gasteiger partial charge in [-0.1, -0.05) is 29.8 Å². The quantitative estimate of drug-likeness (QED) is 0.536. The van der Waals surface area contributed by atoms with E-state index in [1.54, 1.807) is 23.8 Å².